The second-order valence-electron chi connectivity index (χ2n) is 9.24. The van der Waals surface area contributed by atoms with Gasteiger partial charge in [0.15, 0.2) is 0 Å². The van der Waals surface area contributed by atoms with Gasteiger partial charge >= 0.3 is 6.18 Å². The molecule has 0 unspecified atom stereocenters. The molecule has 0 aliphatic rings. The third-order valence-corrected chi connectivity index (χ3v) is 6.93. The maximum Gasteiger partial charge on any atom is 0.416 e. The Kier molecular flexibility index (Phi) is 7.80. The summed E-state index contributed by atoms with van der Waals surface area (Å²) >= 11 is 6.45. The molecule has 0 aliphatic heterocycles. The van der Waals surface area contributed by atoms with Crippen molar-refractivity contribution in [3.05, 3.63) is 113 Å². The maximum atomic E-state index is 13.0. The number of halogens is 4. The van der Waals surface area contributed by atoms with Crippen LogP contribution in [0.2, 0.25) is 5.02 Å². The number of amides is 1. The molecular weight excluding hydrogens is 539 g/mol. The number of rotatable bonds is 8. The zero-order valence-corrected chi connectivity index (χ0v) is 22.3. The Morgan fingerprint density at radius 1 is 0.975 bits per heavy atom. The van der Waals surface area contributed by atoms with Crippen molar-refractivity contribution in [1.82, 2.24) is 14.7 Å². The summed E-state index contributed by atoms with van der Waals surface area (Å²) in [5.41, 5.74) is 4.52. The standard InChI is InChI=1S/C31H25ClF3N3O2/c1-40-24-12-9-21(10-13-24)30-27(14-16-29(39)36-18-20-5-4-6-23(17-20)31(33,34)35)38-19-22(11-15-28(38)37-30)25-7-2-3-8-26(25)32/h2-13,15,17,19H,14,16,18H2,1H3,(H,36,39). The van der Waals surface area contributed by atoms with Crippen LogP contribution in [0.1, 0.15) is 23.2 Å². The number of alkyl halides is 3. The number of nitrogens with one attached hydrogen (secondary N) is 1. The lowest BCUT2D eigenvalue weighted by atomic mass is 10.1. The SMILES string of the molecule is COc1ccc(-c2nc3ccc(-c4ccccc4Cl)cn3c2CCC(=O)NCc2cccc(C(F)(F)F)c2)cc1. The van der Waals surface area contributed by atoms with Crippen LogP contribution in [0, 0.1) is 0 Å². The third-order valence-electron chi connectivity index (χ3n) is 6.60. The van der Waals surface area contributed by atoms with Crippen LogP contribution in [0.15, 0.2) is 91.1 Å². The molecule has 5 rings (SSSR count). The quantitative estimate of drug-likeness (QED) is 0.211. The zero-order chi connectivity index (χ0) is 28.3. The van der Waals surface area contributed by atoms with Gasteiger partial charge in [0.1, 0.15) is 11.4 Å². The molecule has 204 valence electrons. The predicted octanol–water partition coefficient (Wildman–Crippen LogP) is 7.60. The maximum absolute atomic E-state index is 13.0. The van der Waals surface area contributed by atoms with Crippen molar-refractivity contribution in [1.29, 1.82) is 0 Å². The lowest BCUT2D eigenvalue weighted by Gasteiger charge is -2.11. The van der Waals surface area contributed by atoms with Crippen molar-refractivity contribution in [2.24, 2.45) is 0 Å². The highest BCUT2D eigenvalue weighted by molar-refractivity contribution is 6.33. The second-order valence-corrected chi connectivity index (χ2v) is 9.64. The van der Waals surface area contributed by atoms with Gasteiger partial charge in [-0.2, -0.15) is 13.2 Å². The predicted molar refractivity (Wildman–Crippen MR) is 149 cm³/mol. The van der Waals surface area contributed by atoms with Gasteiger partial charge in [0.05, 0.1) is 24.1 Å². The number of pyridine rings is 1. The number of carbonyl (C=O) groups excluding carboxylic acids is 1. The Hall–Kier alpha value is -4.30. The van der Waals surface area contributed by atoms with E-state index in [1.807, 2.05) is 71.3 Å². The molecule has 9 heteroatoms. The molecule has 0 saturated heterocycles. The topological polar surface area (TPSA) is 55.6 Å². The summed E-state index contributed by atoms with van der Waals surface area (Å²) in [7, 11) is 1.60. The van der Waals surface area contributed by atoms with Gasteiger partial charge in [0, 0.05) is 35.3 Å². The van der Waals surface area contributed by atoms with E-state index < -0.39 is 11.7 Å². The number of aromatic nitrogens is 2. The van der Waals surface area contributed by atoms with E-state index in [-0.39, 0.29) is 18.9 Å². The van der Waals surface area contributed by atoms with Crippen molar-refractivity contribution in [3.63, 3.8) is 0 Å². The molecule has 1 amide bonds. The first-order valence-corrected chi connectivity index (χ1v) is 12.9. The van der Waals surface area contributed by atoms with Gasteiger partial charge < -0.3 is 14.5 Å². The fraction of sp³-hybridized carbons (Fsp3) is 0.161. The van der Waals surface area contributed by atoms with Crippen molar-refractivity contribution < 1.29 is 22.7 Å². The molecule has 0 radical (unpaired) electrons. The summed E-state index contributed by atoms with van der Waals surface area (Å²) in [5.74, 6) is 0.430. The van der Waals surface area contributed by atoms with Gasteiger partial charge in [-0.3, -0.25) is 4.79 Å². The highest BCUT2D eigenvalue weighted by Gasteiger charge is 2.30. The Bertz CT molecular complexity index is 1660. The number of ether oxygens (including phenoxy) is 1. The number of benzene rings is 3. The summed E-state index contributed by atoms with van der Waals surface area (Å²) in [6, 6.07) is 23.9. The molecule has 0 saturated carbocycles. The minimum Gasteiger partial charge on any atom is -0.497 e. The van der Waals surface area contributed by atoms with Crippen LogP contribution >= 0.6 is 11.6 Å². The van der Waals surface area contributed by atoms with Crippen LogP contribution in [-0.4, -0.2) is 22.4 Å². The Morgan fingerprint density at radius 3 is 2.45 bits per heavy atom. The smallest absolute Gasteiger partial charge is 0.416 e. The minimum absolute atomic E-state index is 0.00209. The monoisotopic (exact) mass is 563 g/mol. The van der Waals surface area contributed by atoms with E-state index in [4.69, 9.17) is 21.3 Å². The molecule has 40 heavy (non-hydrogen) atoms. The normalized spacial score (nSPS) is 11.5. The molecule has 0 aliphatic carbocycles. The van der Waals surface area contributed by atoms with Gasteiger partial charge in [-0.1, -0.05) is 41.9 Å². The van der Waals surface area contributed by atoms with E-state index in [9.17, 15) is 18.0 Å². The fourth-order valence-corrected chi connectivity index (χ4v) is 4.79. The molecule has 2 aromatic heterocycles. The number of imidazole rings is 1. The number of methoxy groups -OCH3 is 1. The molecule has 1 N–H and O–H groups in total. The van der Waals surface area contributed by atoms with E-state index in [0.29, 0.717) is 28.4 Å². The minimum atomic E-state index is -4.44. The van der Waals surface area contributed by atoms with Gasteiger partial charge in [-0.15, -0.1) is 0 Å². The molecule has 5 nitrogen and oxygen atoms in total. The van der Waals surface area contributed by atoms with Gasteiger partial charge in [-0.05, 0) is 72.1 Å². The largest absolute Gasteiger partial charge is 0.497 e. The molecule has 0 fully saturated rings. The summed E-state index contributed by atoms with van der Waals surface area (Å²) in [5, 5.41) is 3.36. The van der Waals surface area contributed by atoms with Crippen LogP contribution in [0.3, 0.4) is 0 Å². The summed E-state index contributed by atoms with van der Waals surface area (Å²) < 4.78 is 46.4. The zero-order valence-electron chi connectivity index (χ0n) is 21.5. The fourth-order valence-electron chi connectivity index (χ4n) is 4.55. The summed E-state index contributed by atoms with van der Waals surface area (Å²) in [6.07, 6.45) is -2.02. The van der Waals surface area contributed by atoms with Crippen LogP contribution in [0.25, 0.3) is 28.0 Å². The first-order chi connectivity index (χ1) is 19.2. The Labute approximate surface area is 234 Å². The highest BCUT2D eigenvalue weighted by Crippen LogP contribution is 2.32. The van der Waals surface area contributed by atoms with E-state index in [1.165, 1.54) is 6.07 Å². The Morgan fingerprint density at radius 2 is 1.73 bits per heavy atom. The molecule has 0 atom stereocenters. The third kappa shape index (κ3) is 5.97. The number of hydrogen-bond acceptors (Lipinski definition) is 3. The number of nitrogens with zero attached hydrogens (tertiary/aromatic N) is 2. The molecular formula is C31H25ClF3N3O2. The van der Waals surface area contributed by atoms with E-state index >= 15 is 0 Å². The average molecular weight is 564 g/mol. The molecule has 2 heterocycles. The summed E-state index contributed by atoms with van der Waals surface area (Å²) in [4.78, 5) is 17.6. The number of hydrogen-bond donors (Lipinski definition) is 1. The van der Waals surface area contributed by atoms with Crippen molar-refractivity contribution >= 4 is 23.2 Å². The van der Waals surface area contributed by atoms with Crippen LogP contribution in [-0.2, 0) is 23.9 Å². The van der Waals surface area contributed by atoms with Crippen LogP contribution < -0.4 is 10.1 Å². The van der Waals surface area contributed by atoms with Crippen molar-refractivity contribution in [2.75, 3.05) is 7.11 Å². The first-order valence-electron chi connectivity index (χ1n) is 12.6. The first kappa shape index (κ1) is 27.3. The average Bonchev–Trinajstić information content (AvgIpc) is 3.32. The molecule has 0 bridgehead atoms. The summed E-state index contributed by atoms with van der Waals surface area (Å²) in [6.45, 7) is -0.00209. The second kappa shape index (κ2) is 11.4. The van der Waals surface area contributed by atoms with Gasteiger partial charge in [0.2, 0.25) is 5.91 Å². The van der Waals surface area contributed by atoms with Gasteiger partial charge in [0.25, 0.3) is 0 Å². The molecule has 5 aromatic rings. The van der Waals surface area contributed by atoms with Crippen LogP contribution in [0.4, 0.5) is 13.2 Å². The lowest BCUT2D eigenvalue weighted by molar-refractivity contribution is -0.137. The van der Waals surface area contributed by atoms with E-state index in [1.54, 1.807) is 13.2 Å². The lowest BCUT2D eigenvalue weighted by Crippen LogP contribution is -2.23. The van der Waals surface area contributed by atoms with Crippen molar-refractivity contribution in [3.8, 4) is 28.1 Å². The number of carbonyl (C=O) groups is 1. The number of aryl methyl sites for hydroxylation is 1. The van der Waals surface area contributed by atoms with Gasteiger partial charge in [-0.25, -0.2) is 4.98 Å². The van der Waals surface area contributed by atoms with Crippen LogP contribution in [0.5, 0.6) is 5.75 Å². The molecule has 3 aromatic carbocycles. The van der Waals surface area contributed by atoms with Crippen molar-refractivity contribution in [2.45, 2.75) is 25.6 Å². The molecule has 0 spiro atoms. The number of fused-ring (bicyclic) bond motifs is 1. The van der Waals surface area contributed by atoms with E-state index in [2.05, 4.69) is 5.32 Å². The Balaban J connectivity index is 1.42. The van der Waals surface area contributed by atoms with E-state index in [0.717, 1.165) is 40.2 Å². The highest BCUT2D eigenvalue weighted by atomic mass is 35.5.